The van der Waals surface area contributed by atoms with E-state index in [1.165, 1.54) is 6.07 Å². The quantitative estimate of drug-likeness (QED) is 0.487. The molecule has 20 heavy (non-hydrogen) atoms. The predicted octanol–water partition coefficient (Wildman–Crippen LogP) is 5.55. The van der Waals surface area contributed by atoms with E-state index >= 15 is 0 Å². The van der Waals surface area contributed by atoms with Gasteiger partial charge in [0, 0.05) is 5.56 Å². The van der Waals surface area contributed by atoms with Crippen LogP contribution in [0.5, 0.6) is 0 Å². The highest BCUT2D eigenvalue weighted by atomic mass is 79.9. The first kappa shape index (κ1) is 15.5. The van der Waals surface area contributed by atoms with Gasteiger partial charge in [-0.25, -0.2) is 4.39 Å². The highest BCUT2D eigenvalue weighted by molar-refractivity contribution is 9.11. The molecule has 1 nitrogen and oxygen atoms in total. The van der Waals surface area contributed by atoms with Crippen LogP contribution in [0.3, 0.4) is 0 Å². The molecule has 0 aliphatic heterocycles. The highest BCUT2D eigenvalue weighted by Gasteiger charge is 2.34. The summed E-state index contributed by atoms with van der Waals surface area (Å²) in [5, 5.41) is 0.288. The van der Waals surface area contributed by atoms with Crippen molar-refractivity contribution < 1.29 is 22.4 Å². The minimum atomic E-state index is -4.85. The first-order chi connectivity index (χ1) is 9.20. The molecule has 0 aliphatic rings. The minimum absolute atomic E-state index is 0.168. The molecule has 0 atom stereocenters. The third kappa shape index (κ3) is 3.05. The first-order valence-corrected chi connectivity index (χ1v) is 7.05. The zero-order valence-electron chi connectivity index (χ0n) is 9.39. The Morgan fingerprint density at radius 3 is 2.40 bits per heavy atom. The Bertz CT molecular complexity index is 661. The van der Waals surface area contributed by atoms with Gasteiger partial charge in [-0.05, 0) is 40.2 Å². The molecule has 1 aromatic carbocycles. The molecule has 0 fully saturated rings. The van der Waals surface area contributed by atoms with Gasteiger partial charge in [-0.2, -0.15) is 13.2 Å². The van der Waals surface area contributed by atoms with Crippen molar-refractivity contribution in [3.05, 3.63) is 54.9 Å². The summed E-state index contributed by atoms with van der Waals surface area (Å²) >= 11 is 9.87. The average Bonchev–Trinajstić information content (AvgIpc) is 2.68. The molecular weight excluding hydrogens is 384 g/mol. The van der Waals surface area contributed by atoms with Gasteiger partial charge in [0.1, 0.15) is 5.82 Å². The molecule has 1 aromatic heterocycles. The molecule has 0 spiro atoms. The fourth-order valence-corrected chi connectivity index (χ4v) is 3.15. The van der Waals surface area contributed by atoms with Crippen molar-refractivity contribution in [1.82, 2.24) is 0 Å². The molecule has 8 heteroatoms. The number of hydrogen-bond acceptors (Lipinski definition) is 2. The van der Waals surface area contributed by atoms with Crippen LogP contribution in [-0.4, -0.2) is 5.78 Å². The normalized spacial score (nSPS) is 11.7. The van der Waals surface area contributed by atoms with Crippen molar-refractivity contribution in [2.45, 2.75) is 6.18 Å². The zero-order chi connectivity index (χ0) is 15.1. The summed E-state index contributed by atoms with van der Waals surface area (Å²) in [5.74, 6) is -2.06. The summed E-state index contributed by atoms with van der Waals surface area (Å²) in [4.78, 5) is 12.2. The van der Waals surface area contributed by atoms with Crippen LogP contribution in [0.25, 0.3) is 0 Å². The van der Waals surface area contributed by atoms with Gasteiger partial charge in [0.05, 0.1) is 19.2 Å². The second-order valence-electron chi connectivity index (χ2n) is 3.75. The molecular formula is C12H4BrClF4OS. The largest absolute Gasteiger partial charge is 0.419 e. The van der Waals surface area contributed by atoms with Gasteiger partial charge in [0.15, 0.2) is 0 Å². The van der Waals surface area contributed by atoms with Crippen LogP contribution in [0.2, 0.25) is 5.02 Å². The molecule has 1 heterocycles. The number of rotatable bonds is 2. The van der Waals surface area contributed by atoms with Crippen LogP contribution in [0.4, 0.5) is 17.6 Å². The predicted molar refractivity (Wildman–Crippen MR) is 71.9 cm³/mol. The minimum Gasteiger partial charge on any atom is -0.288 e. The Morgan fingerprint density at radius 1 is 1.25 bits per heavy atom. The number of halogens is 6. The lowest BCUT2D eigenvalue weighted by molar-refractivity contribution is -0.140. The van der Waals surface area contributed by atoms with E-state index in [2.05, 4.69) is 15.9 Å². The third-order valence-corrected chi connectivity index (χ3v) is 4.88. The Labute approximate surface area is 128 Å². The maximum Gasteiger partial charge on any atom is 0.419 e. The number of hydrogen-bond donors (Lipinski definition) is 0. The van der Waals surface area contributed by atoms with Crippen LogP contribution in [0.1, 0.15) is 20.8 Å². The van der Waals surface area contributed by atoms with Gasteiger partial charge in [0.2, 0.25) is 5.78 Å². The van der Waals surface area contributed by atoms with E-state index in [9.17, 15) is 22.4 Å². The average molecular weight is 388 g/mol. The van der Waals surface area contributed by atoms with E-state index in [0.29, 0.717) is 15.9 Å². The van der Waals surface area contributed by atoms with Gasteiger partial charge in [-0.1, -0.05) is 11.6 Å². The standard InChI is InChI=1S/C12H4BrClF4OS/c13-11-7(14)4-9(20-11)10(19)5-1-2-8(15)6(3-5)12(16,17)18/h1-4H. The van der Waals surface area contributed by atoms with E-state index in [1.807, 2.05) is 0 Å². The van der Waals surface area contributed by atoms with Crippen LogP contribution in [-0.2, 0) is 6.18 Å². The van der Waals surface area contributed by atoms with Crippen LogP contribution < -0.4 is 0 Å². The van der Waals surface area contributed by atoms with Crippen molar-refractivity contribution in [3.8, 4) is 0 Å². The molecule has 0 saturated carbocycles. The molecule has 0 bridgehead atoms. The van der Waals surface area contributed by atoms with Gasteiger partial charge in [0.25, 0.3) is 0 Å². The number of ketones is 1. The van der Waals surface area contributed by atoms with Crippen molar-refractivity contribution in [2.75, 3.05) is 0 Å². The molecule has 2 rings (SSSR count). The lowest BCUT2D eigenvalue weighted by atomic mass is 10.1. The zero-order valence-corrected chi connectivity index (χ0v) is 12.6. The summed E-state index contributed by atoms with van der Waals surface area (Å²) in [6.45, 7) is 0. The molecule has 0 N–H and O–H groups in total. The van der Waals surface area contributed by atoms with Gasteiger partial charge in [-0.15, -0.1) is 11.3 Å². The van der Waals surface area contributed by atoms with Crippen LogP contribution >= 0.6 is 38.9 Å². The van der Waals surface area contributed by atoms with Gasteiger partial charge in [-0.3, -0.25) is 4.79 Å². The molecule has 2 aromatic rings. The lowest BCUT2D eigenvalue weighted by Gasteiger charge is -2.09. The molecule has 0 amide bonds. The first-order valence-electron chi connectivity index (χ1n) is 5.06. The number of thiophene rings is 1. The Hall–Kier alpha value is -0.920. The van der Waals surface area contributed by atoms with Crippen LogP contribution in [0, 0.1) is 5.82 Å². The molecule has 106 valence electrons. The van der Waals surface area contributed by atoms with E-state index in [1.54, 1.807) is 0 Å². The smallest absolute Gasteiger partial charge is 0.288 e. The second kappa shape index (κ2) is 5.46. The fourth-order valence-electron chi connectivity index (χ4n) is 1.48. The van der Waals surface area contributed by atoms with E-state index in [4.69, 9.17) is 11.6 Å². The van der Waals surface area contributed by atoms with Gasteiger partial charge < -0.3 is 0 Å². The van der Waals surface area contributed by atoms with Crippen LogP contribution in [0.15, 0.2) is 28.1 Å². The van der Waals surface area contributed by atoms with E-state index in [0.717, 1.165) is 17.4 Å². The Kier molecular flexibility index (Phi) is 4.22. The summed E-state index contributed by atoms with van der Waals surface area (Å²) in [6, 6.07) is 3.48. The van der Waals surface area contributed by atoms with E-state index < -0.39 is 23.3 Å². The number of alkyl halides is 3. The maximum atomic E-state index is 13.1. The third-order valence-electron chi connectivity index (χ3n) is 2.40. The number of carbonyl (C=O) groups is 1. The highest BCUT2D eigenvalue weighted by Crippen LogP contribution is 2.35. The summed E-state index contributed by atoms with van der Waals surface area (Å²) < 4.78 is 51.4. The SMILES string of the molecule is O=C(c1ccc(F)c(C(F)(F)F)c1)c1cc(Cl)c(Br)s1. The fraction of sp³-hybridized carbons (Fsp3) is 0.0833. The van der Waals surface area contributed by atoms with Crippen molar-refractivity contribution in [3.63, 3.8) is 0 Å². The molecule has 0 radical (unpaired) electrons. The van der Waals surface area contributed by atoms with E-state index in [-0.39, 0.29) is 15.5 Å². The molecule has 0 unspecified atom stereocenters. The number of carbonyl (C=O) groups excluding carboxylic acids is 1. The monoisotopic (exact) mass is 386 g/mol. The Morgan fingerprint density at radius 2 is 1.90 bits per heavy atom. The van der Waals surface area contributed by atoms with Crippen molar-refractivity contribution in [1.29, 1.82) is 0 Å². The molecule has 0 aliphatic carbocycles. The van der Waals surface area contributed by atoms with Crippen molar-refractivity contribution in [2.24, 2.45) is 0 Å². The van der Waals surface area contributed by atoms with Gasteiger partial charge >= 0.3 is 6.18 Å². The maximum absolute atomic E-state index is 13.1. The summed E-state index contributed by atoms with van der Waals surface area (Å²) in [6.07, 6.45) is -4.85. The summed E-state index contributed by atoms with van der Waals surface area (Å²) in [5.41, 5.74) is -1.71. The topological polar surface area (TPSA) is 17.1 Å². The second-order valence-corrected chi connectivity index (χ2v) is 6.53. The number of benzene rings is 1. The Balaban J connectivity index is 2.46. The lowest BCUT2D eigenvalue weighted by Crippen LogP contribution is -2.10. The molecule has 0 saturated heterocycles. The summed E-state index contributed by atoms with van der Waals surface area (Å²) in [7, 11) is 0. The van der Waals surface area contributed by atoms with Crippen molar-refractivity contribution >= 4 is 44.7 Å².